The van der Waals surface area contributed by atoms with E-state index in [9.17, 15) is 26.7 Å². The molecule has 0 saturated heterocycles. The average Bonchev–Trinajstić information content (AvgIpc) is 2.37. The van der Waals surface area contributed by atoms with Gasteiger partial charge in [0.2, 0.25) is 10.0 Å². The summed E-state index contributed by atoms with van der Waals surface area (Å²) in [6, 6.07) is 2.47. The number of hydrogen-bond donors (Lipinski definition) is 2. The van der Waals surface area contributed by atoms with E-state index < -0.39 is 37.6 Å². The zero-order valence-electron chi connectivity index (χ0n) is 13.5. The van der Waals surface area contributed by atoms with Gasteiger partial charge in [-0.3, -0.25) is 4.79 Å². The first-order valence-corrected chi connectivity index (χ1v) is 11.0. The second-order valence-corrected chi connectivity index (χ2v) is 10.2. The van der Waals surface area contributed by atoms with Gasteiger partial charge in [-0.1, -0.05) is 31.5 Å². The van der Waals surface area contributed by atoms with E-state index in [1.165, 1.54) is 12.1 Å². The number of carboxylic acid groups (broad SMARTS) is 1. The maximum Gasteiger partial charge on any atom is 0.321 e. The van der Waals surface area contributed by atoms with Crippen molar-refractivity contribution in [3.05, 3.63) is 28.8 Å². The van der Waals surface area contributed by atoms with E-state index in [0.717, 1.165) is 12.3 Å². The summed E-state index contributed by atoms with van der Waals surface area (Å²) in [5, 5.41) is 9.29. The van der Waals surface area contributed by atoms with Crippen LogP contribution in [-0.2, 0) is 30.4 Å². The Labute approximate surface area is 147 Å². The summed E-state index contributed by atoms with van der Waals surface area (Å²) in [7, 11) is -7.74. The van der Waals surface area contributed by atoms with Gasteiger partial charge >= 0.3 is 5.97 Å². The summed E-state index contributed by atoms with van der Waals surface area (Å²) >= 11 is 5.82. The highest BCUT2D eigenvalue weighted by Gasteiger charge is 2.28. The van der Waals surface area contributed by atoms with Crippen LogP contribution in [0, 0.1) is 5.92 Å². The Bertz CT molecular complexity index is 818. The third-order valence-corrected chi connectivity index (χ3v) is 5.66. The molecule has 0 bridgehead atoms. The van der Waals surface area contributed by atoms with Crippen LogP contribution in [0.3, 0.4) is 0 Å². The smallest absolute Gasteiger partial charge is 0.321 e. The molecule has 1 aromatic rings. The van der Waals surface area contributed by atoms with Gasteiger partial charge in [0, 0.05) is 11.3 Å². The molecular formula is C14H20ClNO6S2. The summed E-state index contributed by atoms with van der Waals surface area (Å²) in [6.07, 6.45) is 1.07. The van der Waals surface area contributed by atoms with Gasteiger partial charge in [0.1, 0.15) is 6.04 Å². The van der Waals surface area contributed by atoms with Crippen LogP contribution in [0.1, 0.15) is 25.8 Å². The number of carboxylic acids is 1. The molecule has 0 heterocycles. The van der Waals surface area contributed by atoms with Gasteiger partial charge in [-0.25, -0.2) is 16.8 Å². The Kier molecular flexibility index (Phi) is 6.80. The Balaban J connectivity index is 3.31. The molecule has 1 atom stereocenters. The van der Waals surface area contributed by atoms with Crippen molar-refractivity contribution < 1.29 is 26.7 Å². The first-order chi connectivity index (χ1) is 10.8. The number of sulfone groups is 1. The van der Waals surface area contributed by atoms with Gasteiger partial charge in [0.25, 0.3) is 0 Å². The van der Waals surface area contributed by atoms with Gasteiger partial charge in [-0.05, 0) is 30.0 Å². The average molecular weight is 398 g/mol. The van der Waals surface area contributed by atoms with Gasteiger partial charge in [-0.2, -0.15) is 4.72 Å². The molecule has 0 aromatic heterocycles. The van der Waals surface area contributed by atoms with E-state index in [4.69, 9.17) is 11.6 Å². The van der Waals surface area contributed by atoms with E-state index in [1.54, 1.807) is 13.8 Å². The second kappa shape index (κ2) is 7.81. The molecule has 0 unspecified atom stereocenters. The van der Waals surface area contributed by atoms with E-state index in [-0.39, 0.29) is 27.8 Å². The number of sulfonamides is 1. The minimum atomic E-state index is -4.26. The van der Waals surface area contributed by atoms with Crippen molar-refractivity contribution in [2.75, 3.05) is 6.26 Å². The first kappa shape index (κ1) is 20.9. The normalized spacial score (nSPS) is 13.9. The lowest BCUT2D eigenvalue weighted by Gasteiger charge is -2.18. The monoisotopic (exact) mass is 397 g/mol. The van der Waals surface area contributed by atoms with E-state index in [2.05, 4.69) is 4.72 Å². The molecule has 7 nitrogen and oxygen atoms in total. The summed E-state index contributed by atoms with van der Waals surface area (Å²) in [5.41, 5.74) is 0.0306. The number of rotatable bonds is 8. The lowest BCUT2D eigenvalue weighted by Crippen LogP contribution is -2.41. The number of nitrogens with one attached hydrogen (secondary N) is 1. The third kappa shape index (κ3) is 6.39. The van der Waals surface area contributed by atoms with Crippen molar-refractivity contribution in [2.24, 2.45) is 5.92 Å². The predicted molar refractivity (Wildman–Crippen MR) is 91.2 cm³/mol. The van der Waals surface area contributed by atoms with Crippen LogP contribution in [-0.4, -0.2) is 40.2 Å². The lowest BCUT2D eigenvalue weighted by atomic mass is 10.1. The van der Waals surface area contributed by atoms with Crippen molar-refractivity contribution in [2.45, 2.75) is 37.0 Å². The summed E-state index contributed by atoms with van der Waals surface area (Å²) < 4.78 is 50.2. The largest absolute Gasteiger partial charge is 0.480 e. The molecule has 0 aliphatic carbocycles. The summed E-state index contributed by atoms with van der Waals surface area (Å²) in [4.78, 5) is 10.9. The van der Waals surface area contributed by atoms with Gasteiger partial charge in [0.15, 0.2) is 9.84 Å². The number of hydrogen-bond acceptors (Lipinski definition) is 5. The lowest BCUT2D eigenvalue weighted by molar-refractivity contribution is -0.139. The maximum absolute atomic E-state index is 12.6. The highest BCUT2D eigenvalue weighted by Crippen LogP contribution is 2.23. The quantitative estimate of drug-likeness (QED) is 0.688. The van der Waals surface area contributed by atoms with Crippen molar-refractivity contribution >= 4 is 37.4 Å². The van der Waals surface area contributed by atoms with Crippen molar-refractivity contribution in [1.29, 1.82) is 0 Å². The molecule has 0 amide bonds. The molecule has 0 fully saturated rings. The fourth-order valence-corrected chi connectivity index (χ4v) is 4.71. The van der Waals surface area contributed by atoms with E-state index in [1.807, 2.05) is 0 Å². The minimum absolute atomic E-state index is 0.0306. The summed E-state index contributed by atoms with van der Waals surface area (Å²) in [5.74, 6) is -1.86. The fourth-order valence-electron chi connectivity index (χ4n) is 2.10. The molecule has 10 heteroatoms. The highest BCUT2D eigenvalue weighted by molar-refractivity contribution is 7.90. The van der Waals surface area contributed by atoms with Gasteiger partial charge in [0.05, 0.1) is 10.6 Å². The number of aliphatic carboxylic acids is 1. The first-order valence-electron chi connectivity index (χ1n) is 7.03. The van der Waals surface area contributed by atoms with Crippen LogP contribution >= 0.6 is 11.6 Å². The molecule has 0 spiro atoms. The Morgan fingerprint density at radius 1 is 1.25 bits per heavy atom. The molecule has 0 aliphatic heterocycles. The SMILES string of the molecule is CC(C)C[C@@H](NS(=O)(=O)c1cc(Cl)ccc1CS(C)(=O)=O)C(=O)O. The molecule has 136 valence electrons. The van der Waals surface area contributed by atoms with Crippen molar-refractivity contribution in [1.82, 2.24) is 4.72 Å². The van der Waals surface area contributed by atoms with Crippen LogP contribution in [0.2, 0.25) is 5.02 Å². The van der Waals surface area contributed by atoms with Crippen molar-refractivity contribution in [3.8, 4) is 0 Å². The van der Waals surface area contributed by atoms with Crippen LogP contribution in [0.5, 0.6) is 0 Å². The van der Waals surface area contributed by atoms with Crippen LogP contribution in [0.25, 0.3) is 0 Å². The van der Waals surface area contributed by atoms with Gasteiger partial charge in [-0.15, -0.1) is 0 Å². The maximum atomic E-state index is 12.6. The Morgan fingerprint density at radius 2 is 1.83 bits per heavy atom. The number of carbonyl (C=O) groups is 1. The highest BCUT2D eigenvalue weighted by atomic mass is 35.5. The molecule has 24 heavy (non-hydrogen) atoms. The molecule has 1 rings (SSSR count). The number of halogens is 1. The predicted octanol–water partition coefficient (Wildman–Crippen LogP) is 1.66. The minimum Gasteiger partial charge on any atom is -0.480 e. The zero-order chi connectivity index (χ0) is 18.7. The fraction of sp³-hybridized carbons (Fsp3) is 0.500. The van der Waals surface area contributed by atoms with Crippen LogP contribution < -0.4 is 4.72 Å². The molecule has 0 saturated carbocycles. The molecule has 0 radical (unpaired) electrons. The summed E-state index contributed by atoms with van der Waals surface area (Å²) in [6.45, 7) is 3.53. The molecule has 1 aromatic carbocycles. The number of benzene rings is 1. The standard InChI is InChI=1S/C14H20ClNO6S2/c1-9(2)6-12(14(17)18)16-24(21,22)13-7-11(15)5-4-10(13)8-23(3,19)20/h4-5,7,9,12,16H,6,8H2,1-3H3,(H,17,18)/t12-/m1/s1. The van der Waals surface area contributed by atoms with Gasteiger partial charge < -0.3 is 5.11 Å². The van der Waals surface area contributed by atoms with Crippen LogP contribution in [0.4, 0.5) is 0 Å². The molecular weight excluding hydrogens is 378 g/mol. The van der Waals surface area contributed by atoms with Crippen LogP contribution in [0.15, 0.2) is 23.1 Å². The Morgan fingerprint density at radius 3 is 2.29 bits per heavy atom. The Hall–Kier alpha value is -1.16. The molecule has 2 N–H and O–H groups in total. The van der Waals surface area contributed by atoms with E-state index >= 15 is 0 Å². The molecule has 0 aliphatic rings. The third-order valence-electron chi connectivity index (χ3n) is 3.04. The van der Waals surface area contributed by atoms with Crippen molar-refractivity contribution in [3.63, 3.8) is 0 Å². The topological polar surface area (TPSA) is 118 Å². The van der Waals surface area contributed by atoms with E-state index in [0.29, 0.717) is 0 Å². The second-order valence-electron chi connectivity index (χ2n) is 5.96. The zero-order valence-corrected chi connectivity index (χ0v) is 15.9.